The lowest BCUT2D eigenvalue weighted by molar-refractivity contribution is 0.110. The molecule has 1 heterocycles. The van der Waals surface area contributed by atoms with Gasteiger partial charge in [0.1, 0.15) is 8.07 Å². The minimum absolute atomic E-state index is 0.232. The summed E-state index contributed by atoms with van der Waals surface area (Å²) >= 11 is 0. The zero-order valence-corrected chi connectivity index (χ0v) is 11.5. The molecule has 0 atom stereocenters. The quantitative estimate of drug-likeness (QED) is 0.571. The van der Waals surface area contributed by atoms with Crippen LogP contribution >= 0.6 is 0 Å². The molecule has 0 unspecified atom stereocenters. The first kappa shape index (κ1) is 12.2. The average molecular weight is 224 g/mol. The number of carbonyl (C=O) groups is 1. The van der Waals surface area contributed by atoms with Gasteiger partial charge in [0.15, 0.2) is 12.0 Å². The van der Waals surface area contributed by atoms with Crippen LogP contribution in [0.15, 0.2) is 10.5 Å². The smallest absolute Gasteiger partial charge is 0.185 e. The molecule has 0 aliphatic heterocycles. The van der Waals surface area contributed by atoms with Gasteiger partial charge in [-0.3, -0.25) is 4.79 Å². The third kappa shape index (κ3) is 2.07. The van der Waals surface area contributed by atoms with E-state index in [1.165, 1.54) is 0 Å². The van der Waals surface area contributed by atoms with E-state index in [0.29, 0.717) is 5.76 Å². The Bertz CT molecular complexity index is 369. The molecule has 0 saturated heterocycles. The highest BCUT2D eigenvalue weighted by Crippen LogP contribution is 2.36. The van der Waals surface area contributed by atoms with Gasteiger partial charge in [-0.15, -0.1) is 0 Å². The Kier molecular flexibility index (Phi) is 2.96. The summed E-state index contributed by atoms with van der Waals surface area (Å²) in [4.78, 5) is 10.7. The Labute approximate surface area is 92.7 Å². The molecule has 0 aliphatic carbocycles. The number of aryl methyl sites for hydroxylation is 1. The zero-order valence-electron chi connectivity index (χ0n) is 10.5. The maximum Gasteiger partial charge on any atom is 0.185 e. The van der Waals surface area contributed by atoms with Gasteiger partial charge in [0.2, 0.25) is 0 Å². The molecule has 1 aromatic heterocycles. The largest absolute Gasteiger partial charge is 0.463 e. The molecule has 1 rings (SSSR count). The normalized spacial score (nSPS) is 12.9. The average Bonchev–Trinajstić information content (AvgIpc) is 2.45. The van der Waals surface area contributed by atoms with E-state index in [1.807, 2.05) is 13.0 Å². The number of furan rings is 1. The zero-order chi connectivity index (χ0) is 11.9. The fourth-order valence-corrected chi connectivity index (χ4v) is 3.64. The van der Waals surface area contributed by atoms with Crippen LogP contribution in [0.25, 0.3) is 0 Å². The van der Waals surface area contributed by atoms with Crippen molar-refractivity contribution in [1.82, 2.24) is 0 Å². The third-order valence-electron chi connectivity index (χ3n) is 3.50. The first-order chi connectivity index (χ1) is 6.70. The second kappa shape index (κ2) is 3.63. The van der Waals surface area contributed by atoms with Gasteiger partial charge in [-0.1, -0.05) is 33.9 Å². The fraction of sp³-hybridized carbons (Fsp3) is 0.583. The van der Waals surface area contributed by atoms with E-state index in [0.717, 1.165) is 17.2 Å². The Hall–Kier alpha value is -0.833. The predicted molar refractivity (Wildman–Crippen MR) is 65.7 cm³/mol. The van der Waals surface area contributed by atoms with Crippen LogP contribution in [-0.4, -0.2) is 14.4 Å². The summed E-state index contributed by atoms with van der Waals surface area (Å²) < 4.78 is 5.65. The summed E-state index contributed by atoms with van der Waals surface area (Å²) in [6.45, 7) is 13.3. The molecule has 3 heteroatoms. The minimum Gasteiger partial charge on any atom is -0.463 e. The summed E-state index contributed by atoms with van der Waals surface area (Å²) in [5.74, 6) is 0.451. The monoisotopic (exact) mass is 224 g/mol. The van der Waals surface area contributed by atoms with Gasteiger partial charge in [0, 0.05) is 0 Å². The lowest BCUT2D eigenvalue weighted by Gasteiger charge is -2.35. The number of carbonyl (C=O) groups excluding carboxylic acids is 1. The summed E-state index contributed by atoms with van der Waals surface area (Å²) in [6, 6.07) is 1.84. The Balaban J connectivity index is 3.26. The second-order valence-electron chi connectivity index (χ2n) is 5.65. The van der Waals surface area contributed by atoms with E-state index in [2.05, 4.69) is 33.9 Å². The van der Waals surface area contributed by atoms with Crippen molar-refractivity contribution in [1.29, 1.82) is 0 Å². The van der Waals surface area contributed by atoms with Crippen molar-refractivity contribution < 1.29 is 9.21 Å². The molecule has 0 radical (unpaired) electrons. The summed E-state index contributed by atoms with van der Waals surface area (Å²) in [7, 11) is -1.65. The van der Waals surface area contributed by atoms with E-state index >= 15 is 0 Å². The van der Waals surface area contributed by atoms with Crippen molar-refractivity contribution in [3.8, 4) is 0 Å². The van der Waals surface area contributed by atoms with Crippen molar-refractivity contribution in [3.63, 3.8) is 0 Å². The number of hydrogen-bond donors (Lipinski definition) is 0. The van der Waals surface area contributed by atoms with E-state index in [4.69, 9.17) is 4.42 Å². The van der Waals surface area contributed by atoms with Gasteiger partial charge in [-0.05, 0) is 23.6 Å². The van der Waals surface area contributed by atoms with Gasteiger partial charge in [-0.2, -0.15) is 0 Å². The molecule has 0 bridgehead atoms. The lowest BCUT2D eigenvalue weighted by Crippen LogP contribution is -2.49. The first-order valence-electron chi connectivity index (χ1n) is 5.26. The van der Waals surface area contributed by atoms with Crippen LogP contribution in [0, 0.1) is 6.92 Å². The Morgan fingerprint density at radius 3 is 2.20 bits per heavy atom. The first-order valence-corrected chi connectivity index (χ1v) is 8.26. The highest BCUT2D eigenvalue weighted by molar-refractivity contribution is 6.91. The van der Waals surface area contributed by atoms with Crippen molar-refractivity contribution in [2.45, 2.75) is 45.8 Å². The molecule has 0 spiro atoms. The van der Waals surface area contributed by atoms with Crippen LogP contribution < -0.4 is 5.38 Å². The Morgan fingerprint density at radius 1 is 1.33 bits per heavy atom. The van der Waals surface area contributed by atoms with Gasteiger partial charge in [0.05, 0.1) is 5.38 Å². The van der Waals surface area contributed by atoms with Crippen LogP contribution in [-0.2, 0) is 0 Å². The van der Waals surface area contributed by atoms with Crippen LogP contribution in [0.3, 0.4) is 0 Å². The molecule has 0 N–H and O–H groups in total. The van der Waals surface area contributed by atoms with Crippen LogP contribution in [0.2, 0.25) is 18.1 Å². The summed E-state index contributed by atoms with van der Waals surface area (Å²) in [5, 5.41) is 1.28. The molecule has 0 fully saturated rings. The molecular formula is C12H20O2Si. The van der Waals surface area contributed by atoms with Crippen molar-refractivity contribution in [2.24, 2.45) is 0 Å². The summed E-state index contributed by atoms with van der Waals surface area (Å²) in [5.41, 5.74) is 1.11. The van der Waals surface area contributed by atoms with Gasteiger partial charge < -0.3 is 4.42 Å². The molecule has 15 heavy (non-hydrogen) atoms. The maximum atomic E-state index is 10.7. The number of hydrogen-bond acceptors (Lipinski definition) is 2. The lowest BCUT2D eigenvalue weighted by atomic mass is 10.2. The fourth-order valence-electron chi connectivity index (χ4n) is 1.53. The standard InChI is InChI=1S/C12H20O2Si/c1-9-7-10(8-13)14-11(9)15(5,6)12(2,3)4/h7-8H,1-6H3. The van der Waals surface area contributed by atoms with E-state index in [9.17, 15) is 4.79 Å². The van der Waals surface area contributed by atoms with Crippen LogP contribution in [0.4, 0.5) is 0 Å². The minimum atomic E-state index is -1.65. The molecule has 0 aromatic carbocycles. The molecular weight excluding hydrogens is 204 g/mol. The highest BCUT2D eigenvalue weighted by Gasteiger charge is 2.41. The predicted octanol–water partition coefficient (Wildman–Crippen LogP) is 3.12. The van der Waals surface area contributed by atoms with Crippen molar-refractivity contribution in [3.05, 3.63) is 17.4 Å². The van der Waals surface area contributed by atoms with Crippen LogP contribution in [0.1, 0.15) is 36.9 Å². The van der Waals surface area contributed by atoms with Gasteiger partial charge in [-0.25, -0.2) is 0 Å². The van der Waals surface area contributed by atoms with Gasteiger partial charge in [0.25, 0.3) is 0 Å². The Morgan fingerprint density at radius 2 is 1.87 bits per heavy atom. The van der Waals surface area contributed by atoms with E-state index < -0.39 is 8.07 Å². The molecule has 0 amide bonds. The van der Waals surface area contributed by atoms with Crippen LogP contribution in [0.5, 0.6) is 0 Å². The third-order valence-corrected chi connectivity index (χ3v) is 8.88. The molecule has 0 saturated carbocycles. The molecule has 84 valence electrons. The number of aldehydes is 1. The SMILES string of the molecule is Cc1cc(C=O)oc1[Si](C)(C)C(C)(C)C. The highest BCUT2D eigenvalue weighted by atomic mass is 28.3. The molecule has 0 aliphatic rings. The van der Waals surface area contributed by atoms with E-state index in [1.54, 1.807) is 0 Å². The van der Waals surface area contributed by atoms with E-state index in [-0.39, 0.29) is 5.04 Å². The second-order valence-corrected chi connectivity index (χ2v) is 10.9. The van der Waals surface area contributed by atoms with Crippen molar-refractivity contribution >= 4 is 19.7 Å². The molecule has 2 nitrogen and oxygen atoms in total. The molecule has 1 aromatic rings. The topological polar surface area (TPSA) is 30.2 Å². The van der Waals surface area contributed by atoms with Gasteiger partial charge >= 0.3 is 0 Å². The maximum absolute atomic E-state index is 10.7. The number of rotatable bonds is 2. The van der Waals surface area contributed by atoms with Crippen molar-refractivity contribution in [2.75, 3.05) is 0 Å². The summed E-state index contributed by atoms with van der Waals surface area (Å²) in [6.07, 6.45) is 0.781.